The number of rotatable bonds is 7. The molecule has 6 heteroatoms. The molecule has 2 N–H and O–H groups in total. The molecule has 1 atom stereocenters. The van der Waals surface area contributed by atoms with E-state index in [1.807, 2.05) is 0 Å². The van der Waals surface area contributed by atoms with Gasteiger partial charge >= 0.3 is 0 Å². The number of phenols is 1. The van der Waals surface area contributed by atoms with Crippen molar-refractivity contribution < 1.29 is 19.8 Å². The number of thiophene rings is 1. The lowest BCUT2D eigenvalue weighted by Gasteiger charge is -2.26. The third-order valence-corrected chi connectivity index (χ3v) is 5.37. The quantitative estimate of drug-likeness (QED) is 0.564. The van der Waals surface area contributed by atoms with Crippen LogP contribution in [0.5, 0.6) is 5.75 Å². The second kappa shape index (κ2) is 7.74. The summed E-state index contributed by atoms with van der Waals surface area (Å²) in [7, 11) is 0. The molecular formula is C20H21NO4S. The second-order valence-electron chi connectivity index (χ2n) is 6.27. The average molecular weight is 371 g/mol. The predicted octanol–water partition coefficient (Wildman–Crippen LogP) is 4.22. The van der Waals surface area contributed by atoms with Gasteiger partial charge in [-0.1, -0.05) is 38.0 Å². The fraction of sp³-hybridized carbons (Fsp3) is 0.300. The van der Waals surface area contributed by atoms with E-state index in [1.54, 1.807) is 34.5 Å². The molecule has 2 heterocycles. The van der Waals surface area contributed by atoms with Crippen LogP contribution in [-0.2, 0) is 4.79 Å². The Kier molecular flexibility index (Phi) is 5.42. The minimum absolute atomic E-state index is 0.106. The number of aliphatic hydroxyl groups is 1. The number of Topliss-reactive ketones (excluding diaryl/α,β-unsaturated/α-hetero) is 1. The van der Waals surface area contributed by atoms with Gasteiger partial charge in [-0.05, 0) is 35.6 Å². The second-order valence-corrected chi connectivity index (χ2v) is 7.22. The molecule has 0 bridgehead atoms. The van der Waals surface area contributed by atoms with E-state index in [9.17, 15) is 19.8 Å². The van der Waals surface area contributed by atoms with Crippen LogP contribution in [0.4, 0.5) is 0 Å². The molecule has 0 spiro atoms. The molecular weight excluding hydrogens is 350 g/mol. The predicted molar refractivity (Wildman–Crippen MR) is 100 cm³/mol. The molecule has 0 aliphatic carbocycles. The summed E-state index contributed by atoms with van der Waals surface area (Å²) in [5.74, 6) is -1.21. The molecule has 1 aliphatic heterocycles. The summed E-state index contributed by atoms with van der Waals surface area (Å²) in [6.45, 7) is 2.54. The zero-order chi connectivity index (χ0) is 18.7. The summed E-state index contributed by atoms with van der Waals surface area (Å²) in [5, 5.41) is 21.8. The van der Waals surface area contributed by atoms with E-state index in [-0.39, 0.29) is 17.1 Å². The third kappa shape index (κ3) is 3.37. The largest absolute Gasteiger partial charge is 0.508 e. The molecule has 1 aromatic heterocycles. The van der Waals surface area contributed by atoms with Crippen molar-refractivity contribution in [2.45, 2.75) is 32.2 Å². The maximum atomic E-state index is 13.0. The van der Waals surface area contributed by atoms with Gasteiger partial charge in [-0.3, -0.25) is 9.59 Å². The molecule has 3 rings (SSSR count). The first-order chi connectivity index (χ1) is 12.5. The number of carbonyl (C=O) groups is 2. The van der Waals surface area contributed by atoms with Gasteiger partial charge in [0, 0.05) is 6.54 Å². The normalized spacial score (nSPS) is 17.2. The first-order valence-electron chi connectivity index (χ1n) is 8.65. The molecule has 1 aliphatic rings. The smallest absolute Gasteiger partial charge is 0.290 e. The number of aliphatic hydroxyl groups excluding tert-OH is 1. The number of hydrogen-bond donors (Lipinski definition) is 2. The molecule has 0 fully saturated rings. The number of ketones is 1. The van der Waals surface area contributed by atoms with Crippen molar-refractivity contribution in [3.05, 3.63) is 63.6 Å². The molecule has 1 unspecified atom stereocenters. The molecule has 0 saturated carbocycles. The lowest BCUT2D eigenvalue weighted by molar-refractivity contribution is -0.129. The zero-order valence-electron chi connectivity index (χ0n) is 14.5. The Labute approximate surface area is 156 Å². The Bertz CT molecular complexity index is 824. The third-order valence-electron chi connectivity index (χ3n) is 4.50. The summed E-state index contributed by atoms with van der Waals surface area (Å²) in [4.78, 5) is 27.6. The Morgan fingerprint density at radius 3 is 2.50 bits per heavy atom. The van der Waals surface area contributed by atoms with Crippen LogP contribution in [0.15, 0.2) is 53.1 Å². The molecule has 2 aromatic rings. The maximum absolute atomic E-state index is 13.0. The summed E-state index contributed by atoms with van der Waals surface area (Å²) in [5.41, 5.74) is 0.802. The van der Waals surface area contributed by atoms with E-state index in [2.05, 4.69) is 6.92 Å². The molecule has 136 valence electrons. The van der Waals surface area contributed by atoms with E-state index in [4.69, 9.17) is 0 Å². The maximum Gasteiger partial charge on any atom is 0.290 e. The number of carbonyl (C=O) groups excluding carboxylic acids is 2. The molecule has 0 radical (unpaired) electrons. The SMILES string of the molecule is CCCCCN1C(=O)C(O)=C(C(=O)c2cccs2)C1c1ccc(O)cc1. The van der Waals surface area contributed by atoms with E-state index >= 15 is 0 Å². The lowest BCUT2D eigenvalue weighted by atomic mass is 9.95. The van der Waals surface area contributed by atoms with E-state index < -0.39 is 17.7 Å². The fourth-order valence-corrected chi connectivity index (χ4v) is 3.87. The topological polar surface area (TPSA) is 77.8 Å². The van der Waals surface area contributed by atoms with Gasteiger partial charge in [0.2, 0.25) is 5.78 Å². The van der Waals surface area contributed by atoms with E-state index in [1.165, 1.54) is 23.5 Å². The van der Waals surface area contributed by atoms with E-state index in [0.29, 0.717) is 17.0 Å². The minimum atomic E-state index is -0.644. The van der Waals surface area contributed by atoms with Gasteiger partial charge in [0.15, 0.2) is 5.76 Å². The number of benzene rings is 1. The molecule has 0 saturated heterocycles. The van der Waals surface area contributed by atoms with Crippen molar-refractivity contribution in [3.8, 4) is 5.75 Å². The minimum Gasteiger partial charge on any atom is -0.508 e. The standard InChI is InChI=1S/C20H21NO4S/c1-2-3-4-11-21-17(13-7-9-14(22)10-8-13)16(19(24)20(21)25)18(23)15-6-5-12-26-15/h5-10,12,17,22,24H,2-4,11H2,1H3. The van der Waals surface area contributed by atoms with Crippen LogP contribution in [0.25, 0.3) is 0 Å². The highest BCUT2D eigenvalue weighted by atomic mass is 32.1. The van der Waals surface area contributed by atoms with Crippen molar-refractivity contribution in [2.24, 2.45) is 0 Å². The van der Waals surface area contributed by atoms with E-state index in [0.717, 1.165) is 19.3 Å². The number of aromatic hydroxyl groups is 1. The summed E-state index contributed by atoms with van der Waals surface area (Å²) in [6, 6.07) is 9.21. The highest BCUT2D eigenvalue weighted by Crippen LogP contribution is 2.40. The molecule has 26 heavy (non-hydrogen) atoms. The highest BCUT2D eigenvalue weighted by molar-refractivity contribution is 7.12. The van der Waals surface area contributed by atoms with Gasteiger partial charge in [0.25, 0.3) is 5.91 Å². The lowest BCUT2D eigenvalue weighted by Crippen LogP contribution is -2.32. The van der Waals surface area contributed by atoms with Crippen LogP contribution < -0.4 is 0 Å². The number of phenolic OH excluding ortho intramolecular Hbond substituents is 1. The van der Waals surface area contributed by atoms with Crippen LogP contribution >= 0.6 is 11.3 Å². The Balaban J connectivity index is 2.02. The van der Waals surface area contributed by atoms with Crippen LogP contribution in [-0.4, -0.2) is 33.3 Å². The van der Waals surface area contributed by atoms with Crippen molar-refractivity contribution in [2.75, 3.05) is 6.54 Å². The number of unbranched alkanes of at least 4 members (excludes halogenated alkanes) is 2. The van der Waals surface area contributed by atoms with Gasteiger partial charge in [0.1, 0.15) is 5.75 Å². The summed E-state index contributed by atoms with van der Waals surface area (Å²) >= 11 is 1.28. The zero-order valence-corrected chi connectivity index (χ0v) is 15.3. The van der Waals surface area contributed by atoms with Gasteiger partial charge in [-0.2, -0.15) is 0 Å². The first kappa shape index (κ1) is 18.2. The van der Waals surface area contributed by atoms with Crippen molar-refractivity contribution in [3.63, 3.8) is 0 Å². The monoisotopic (exact) mass is 371 g/mol. The van der Waals surface area contributed by atoms with Crippen LogP contribution in [0.1, 0.15) is 47.5 Å². The first-order valence-corrected chi connectivity index (χ1v) is 9.53. The summed E-state index contributed by atoms with van der Waals surface area (Å²) in [6.07, 6.45) is 2.76. The highest BCUT2D eigenvalue weighted by Gasteiger charge is 2.43. The molecule has 1 amide bonds. The van der Waals surface area contributed by atoms with Gasteiger partial charge in [0.05, 0.1) is 16.5 Å². The Morgan fingerprint density at radius 2 is 1.88 bits per heavy atom. The van der Waals surface area contributed by atoms with Gasteiger partial charge < -0.3 is 15.1 Å². The van der Waals surface area contributed by atoms with Gasteiger partial charge in [-0.15, -0.1) is 11.3 Å². The Morgan fingerprint density at radius 1 is 1.15 bits per heavy atom. The molecule has 5 nitrogen and oxygen atoms in total. The van der Waals surface area contributed by atoms with Crippen molar-refractivity contribution >= 4 is 23.0 Å². The molecule has 1 aromatic carbocycles. The summed E-state index contributed by atoms with van der Waals surface area (Å²) < 4.78 is 0. The number of amides is 1. The van der Waals surface area contributed by atoms with Crippen molar-refractivity contribution in [1.29, 1.82) is 0 Å². The van der Waals surface area contributed by atoms with Gasteiger partial charge in [-0.25, -0.2) is 0 Å². The van der Waals surface area contributed by atoms with Crippen LogP contribution in [0.2, 0.25) is 0 Å². The van der Waals surface area contributed by atoms with Crippen LogP contribution in [0, 0.1) is 0 Å². The average Bonchev–Trinajstić information content (AvgIpc) is 3.25. The van der Waals surface area contributed by atoms with Crippen LogP contribution in [0.3, 0.4) is 0 Å². The Hall–Kier alpha value is -2.60. The number of hydrogen-bond acceptors (Lipinski definition) is 5. The van der Waals surface area contributed by atoms with Crippen molar-refractivity contribution in [1.82, 2.24) is 4.90 Å². The fourth-order valence-electron chi connectivity index (χ4n) is 3.19. The number of nitrogens with zero attached hydrogens (tertiary/aromatic N) is 1.